The van der Waals surface area contributed by atoms with Crippen molar-refractivity contribution in [1.29, 1.82) is 0 Å². The van der Waals surface area contributed by atoms with E-state index >= 15 is 0 Å². The zero-order valence-corrected chi connectivity index (χ0v) is 24.1. The Labute approximate surface area is 239 Å². The molecule has 0 aliphatic carbocycles. The van der Waals surface area contributed by atoms with E-state index in [0.717, 1.165) is 3.57 Å². The molecule has 0 aromatic heterocycles. The van der Waals surface area contributed by atoms with E-state index in [4.69, 9.17) is 38.0 Å². The number of para-hydroxylation sites is 1. The van der Waals surface area contributed by atoms with Crippen LogP contribution in [-0.2, 0) is 14.3 Å². The number of thiocarbonyl (C=S) groups is 1. The molecular formula is C25H26ClIN4O5S. The summed E-state index contributed by atoms with van der Waals surface area (Å²) in [6.45, 7) is 5.75. The number of carbonyl (C=O) groups is 2. The van der Waals surface area contributed by atoms with Crippen LogP contribution in [0.4, 0.5) is 0 Å². The van der Waals surface area contributed by atoms with Crippen LogP contribution >= 0.6 is 46.4 Å². The first-order valence-corrected chi connectivity index (χ1v) is 13.2. The fourth-order valence-electron chi connectivity index (χ4n) is 3.58. The number of ether oxygens (including phenoxy) is 3. The predicted octanol–water partition coefficient (Wildman–Crippen LogP) is 4.23. The Hall–Kier alpha value is -2.90. The second-order valence-electron chi connectivity index (χ2n) is 7.65. The smallest absolute Gasteiger partial charge is 0.338 e. The van der Waals surface area contributed by atoms with E-state index in [0.29, 0.717) is 50.6 Å². The van der Waals surface area contributed by atoms with Crippen molar-refractivity contribution in [2.45, 2.75) is 26.8 Å². The summed E-state index contributed by atoms with van der Waals surface area (Å²) in [6, 6.07) is 9.93. The monoisotopic (exact) mass is 656 g/mol. The molecule has 12 heteroatoms. The zero-order chi connectivity index (χ0) is 26.9. The van der Waals surface area contributed by atoms with E-state index in [2.05, 4.69) is 43.8 Å². The maximum Gasteiger partial charge on any atom is 0.338 e. The largest absolute Gasteiger partial charge is 0.492 e. The molecule has 3 rings (SSSR count). The van der Waals surface area contributed by atoms with Crippen molar-refractivity contribution in [1.82, 2.24) is 16.1 Å². The van der Waals surface area contributed by atoms with Gasteiger partial charge in [-0.25, -0.2) is 10.2 Å². The summed E-state index contributed by atoms with van der Waals surface area (Å²) in [5.74, 6) is 0.0774. The Bertz CT molecular complexity index is 1250. The quantitative estimate of drug-likeness (QED) is 0.115. The van der Waals surface area contributed by atoms with Gasteiger partial charge in [0.2, 0.25) is 0 Å². The molecule has 0 unspecified atom stereocenters. The molecule has 37 heavy (non-hydrogen) atoms. The Morgan fingerprint density at radius 1 is 1.22 bits per heavy atom. The second-order valence-corrected chi connectivity index (χ2v) is 9.66. The number of allylic oxidation sites excluding steroid dienone is 1. The van der Waals surface area contributed by atoms with Gasteiger partial charge in [0.15, 0.2) is 11.7 Å². The van der Waals surface area contributed by atoms with Crippen LogP contribution in [0.1, 0.15) is 37.9 Å². The average molecular weight is 657 g/mol. The molecule has 1 aliphatic heterocycles. The van der Waals surface area contributed by atoms with E-state index in [9.17, 15) is 9.59 Å². The number of hydrogen-bond donors (Lipinski definition) is 3. The summed E-state index contributed by atoms with van der Waals surface area (Å²) < 4.78 is 17.5. The normalized spacial score (nSPS) is 15.2. The summed E-state index contributed by atoms with van der Waals surface area (Å²) in [4.78, 5) is 25.1. The van der Waals surface area contributed by atoms with Crippen molar-refractivity contribution in [2.24, 2.45) is 5.10 Å². The van der Waals surface area contributed by atoms with E-state index in [1.54, 1.807) is 50.2 Å². The van der Waals surface area contributed by atoms with Crippen LogP contribution in [0.25, 0.3) is 0 Å². The van der Waals surface area contributed by atoms with Crippen LogP contribution in [-0.4, -0.2) is 43.0 Å². The van der Waals surface area contributed by atoms with Gasteiger partial charge in [0.25, 0.3) is 5.91 Å². The molecule has 1 atom stereocenters. The zero-order valence-electron chi connectivity index (χ0n) is 20.4. The van der Waals surface area contributed by atoms with Gasteiger partial charge in [0.05, 0.1) is 34.6 Å². The summed E-state index contributed by atoms with van der Waals surface area (Å²) in [5, 5.41) is 10.9. The number of amides is 1. The van der Waals surface area contributed by atoms with Crippen molar-refractivity contribution >= 4 is 69.6 Å². The standard InChI is InChI=1S/C25H26ClIN4O5S/c1-4-34-23-15(10-16(26)11-18(23)27)12-28-31-20(32)13-36-19-9-7-6-8-17(19)22-21(24(33)35-5-2)14(3)29-25(37)30-22/h6-12,22H,4-5,13H2,1-3H3,(H,31,32)(H2,29,30,37)/t22-/m0/s1. The van der Waals surface area contributed by atoms with Crippen molar-refractivity contribution in [3.05, 3.63) is 67.4 Å². The third-order valence-electron chi connectivity index (χ3n) is 5.07. The first-order chi connectivity index (χ1) is 17.7. The number of benzene rings is 2. The van der Waals surface area contributed by atoms with E-state index in [-0.39, 0.29) is 13.2 Å². The third kappa shape index (κ3) is 7.55. The lowest BCUT2D eigenvalue weighted by atomic mass is 9.95. The summed E-state index contributed by atoms with van der Waals surface area (Å²) in [5.41, 5.74) is 4.65. The fourth-order valence-corrected chi connectivity index (χ4v) is 5.06. The number of carbonyl (C=O) groups excluding carboxylic acids is 2. The molecule has 1 aliphatic rings. The predicted molar refractivity (Wildman–Crippen MR) is 154 cm³/mol. The highest BCUT2D eigenvalue weighted by Gasteiger charge is 2.32. The van der Waals surface area contributed by atoms with Gasteiger partial charge in [-0.15, -0.1) is 0 Å². The van der Waals surface area contributed by atoms with E-state index in [1.807, 2.05) is 6.92 Å². The molecule has 2 aromatic carbocycles. The Balaban J connectivity index is 1.73. The van der Waals surface area contributed by atoms with Crippen LogP contribution in [0, 0.1) is 3.57 Å². The number of nitrogens with one attached hydrogen (secondary N) is 3. The third-order valence-corrected chi connectivity index (χ3v) is 6.31. The van der Waals surface area contributed by atoms with Crippen LogP contribution in [0.3, 0.4) is 0 Å². The van der Waals surface area contributed by atoms with Crippen molar-refractivity contribution in [3.8, 4) is 11.5 Å². The van der Waals surface area contributed by atoms with Gasteiger partial charge in [-0.3, -0.25) is 4.79 Å². The van der Waals surface area contributed by atoms with Crippen LogP contribution in [0.15, 0.2) is 52.8 Å². The molecule has 0 bridgehead atoms. The summed E-state index contributed by atoms with van der Waals surface area (Å²) >= 11 is 13.6. The first kappa shape index (κ1) is 28.7. The molecule has 1 amide bonds. The second kappa shape index (κ2) is 13.6. The van der Waals surface area contributed by atoms with Crippen molar-refractivity contribution in [2.75, 3.05) is 19.8 Å². The number of nitrogens with zero attached hydrogens (tertiary/aromatic N) is 1. The van der Waals surface area contributed by atoms with Gasteiger partial charge < -0.3 is 24.8 Å². The lowest BCUT2D eigenvalue weighted by molar-refractivity contribution is -0.139. The molecule has 0 saturated heterocycles. The minimum atomic E-state index is -0.618. The van der Waals surface area contributed by atoms with Crippen molar-refractivity contribution < 1.29 is 23.8 Å². The molecule has 0 spiro atoms. The molecule has 0 saturated carbocycles. The van der Waals surface area contributed by atoms with Gasteiger partial charge in [0.1, 0.15) is 11.5 Å². The molecule has 0 fully saturated rings. The average Bonchev–Trinajstić information content (AvgIpc) is 2.84. The van der Waals surface area contributed by atoms with Crippen LogP contribution in [0.2, 0.25) is 5.02 Å². The summed E-state index contributed by atoms with van der Waals surface area (Å²) in [7, 11) is 0. The maximum absolute atomic E-state index is 12.7. The van der Waals surface area contributed by atoms with Gasteiger partial charge in [-0.1, -0.05) is 29.8 Å². The number of halogens is 2. The van der Waals surface area contributed by atoms with Gasteiger partial charge in [0, 0.05) is 21.8 Å². The maximum atomic E-state index is 12.7. The van der Waals surface area contributed by atoms with E-state index < -0.39 is 17.9 Å². The number of hydrogen-bond acceptors (Lipinski definition) is 7. The minimum Gasteiger partial charge on any atom is -0.492 e. The number of esters is 1. The lowest BCUT2D eigenvalue weighted by Gasteiger charge is -2.30. The van der Waals surface area contributed by atoms with Gasteiger partial charge in [-0.05, 0) is 73.8 Å². The topological polar surface area (TPSA) is 110 Å². The lowest BCUT2D eigenvalue weighted by Crippen LogP contribution is -2.45. The Morgan fingerprint density at radius 2 is 1.97 bits per heavy atom. The molecule has 3 N–H and O–H groups in total. The summed E-state index contributed by atoms with van der Waals surface area (Å²) in [6.07, 6.45) is 1.46. The Kier molecular flexibility index (Phi) is 10.5. The molecular weight excluding hydrogens is 631 g/mol. The number of rotatable bonds is 10. The van der Waals surface area contributed by atoms with Crippen molar-refractivity contribution in [3.63, 3.8) is 0 Å². The highest BCUT2D eigenvalue weighted by Crippen LogP contribution is 2.33. The van der Waals surface area contributed by atoms with E-state index in [1.165, 1.54) is 6.21 Å². The fraction of sp³-hybridized carbons (Fsp3) is 0.280. The minimum absolute atomic E-state index is 0.228. The SMILES string of the molecule is CCOC(=O)C1=C(C)NC(=S)N[C@H]1c1ccccc1OCC(=O)NN=Cc1cc(Cl)cc(I)c1OCC. The molecule has 196 valence electrons. The molecule has 0 radical (unpaired) electrons. The number of hydrazone groups is 1. The molecule has 2 aromatic rings. The van der Waals surface area contributed by atoms with Gasteiger partial charge in [-0.2, -0.15) is 5.10 Å². The first-order valence-electron chi connectivity index (χ1n) is 11.4. The molecule has 1 heterocycles. The van der Waals surface area contributed by atoms with Gasteiger partial charge >= 0.3 is 5.97 Å². The van der Waals surface area contributed by atoms with Crippen LogP contribution < -0.4 is 25.5 Å². The highest BCUT2D eigenvalue weighted by atomic mass is 127. The Morgan fingerprint density at radius 3 is 2.70 bits per heavy atom. The highest BCUT2D eigenvalue weighted by molar-refractivity contribution is 14.1. The molecule has 9 nitrogen and oxygen atoms in total. The van der Waals surface area contributed by atoms with Crippen LogP contribution in [0.5, 0.6) is 11.5 Å².